The molecular weight excluding hydrogens is 256 g/mol. The van der Waals surface area contributed by atoms with Crippen LogP contribution in [0.25, 0.3) is 0 Å². The molecule has 2 aliphatic rings. The number of nitrogens with zero attached hydrogens (tertiary/aromatic N) is 1. The average Bonchev–Trinajstić information content (AvgIpc) is 2.97. The number of carbonyl (C=O) groups excluding carboxylic acids is 1. The molecule has 1 amide bonds. The van der Waals surface area contributed by atoms with Crippen LogP contribution in [0, 0.1) is 0 Å². The highest BCUT2D eigenvalue weighted by Crippen LogP contribution is 2.53. The van der Waals surface area contributed by atoms with Crippen molar-refractivity contribution in [2.45, 2.75) is 51.4 Å². The van der Waals surface area contributed by atoms with Crippen molar-refractivity contribution in [1.29, 1.82) is 0 Å². The number of thiophene rings is 1. The normalized spacial score (nSPS) is 24.8. The summed E-state index contributed by atoms with van der Waals surface area (Å²) in [6.07, 6.45) is 3.37. The molecule has 2 heterocycles. The first-order valence-corrected chi connectivity index (χ1v) is 7.95. The van der Waals surface area contributed by atoms with Gasteiger partial charge in [-0.15, -0.1) is 11.3 Å². The quantitative estimate of drug-likeness (QED) is 0.856. The number of anilines is 1. The molecule has 1 aliphatic carbocycles. The zero-order chi connectivity index (χ0) is 13.8. The van der Waals surface area contributed by atoms with Gasteiger partial charge in [0.1, 0.15) is 0 Å². The number of carbonyl (C=O) groups is 1. The lowest BCUT2D eigenvalue weighted by Gasteiger charge is -2.18. The molecule has 0 spiro atoms. The first-order valence-electron chi connectivity index (χ1n) is 7.13. The second-order valence-corrected chi connectivity index (χ2v) is 7.62. The zero-order valence-electron chi connectivity index (χ0n) is 12.0. The van der Waals surface area contributed by atoms with E-state index in [9.17, 15) is 4.79 Å². The van der Waals surface area contributed by atoms with E-state index in [4.69, 9.17) is 5.73 Å². The highest BCUT2D eigenvalue weighted by Gasteiger charge is 2.41. The topological polar surface area (TPSA) is 46.3 Å². The monoisotopic (exact) mass is 278 g/mol. The smallest absolute Gasteiger partial charge is 0.257 e. The SMILES string of the molecule is CC1CC(C)(C)c2sc(N)c(C(=O)N3CCCC3)c21. The van der Waals surface area contributed by atoms with Crippen LogP contribution in [0.1, 0.15) is 66.8 Å². The average molecular weight is 278 g/mol. The van der Waals surface area contributed by atoms with Gasteiger partial charge in [-0.05, 0) is 30.7 Å². The Kier molecular flexibility index (Phi) is 2.89. The van der Waals surface area contributed by atoms with Crippen molar-refractivity contribution in [2.24, 2.45) is 0 Å². The minimum absolute atomic E-state index is 0.164. The summed E-state index contributed by atoms with van der Waals surface area (Å²) in [5.74, 6) is 0.608. The molecule has 0 saturated carbocycles. The van der Waals surface area contributed by atoms with E-state index in [1.54, 1.807) is 11.3 Å². The van der Waals surface area contributed by atoms with Crippen LogP contribution < -0.4 is 5.73 Å². The lowest BCUT2D eigenvalue weighted by molar-refractivity contribution is 0.0793. The van der Waals surface area contributed by atoms with Gasteiger partial charge in [0.15, 0.2) is 0 Å². The molecule has 0 radical (unpaired) electrons. The van der Waals surface area contributed by atoms with Crippen molar-refractivity contribution in [1.82, 2.24) is 4.90 Å². The minimum Gasteiger partial charge on any atom is -0.390 e. The third kappa shape index (κ3) is 1.88. The van der Waals surface area contributed by atoms with Crippen LogP contribution in [-0.2, 0) is 5.41 Å². The number of nitrogens with two attached hydrogens (primary N) is 1. The number of hydrogen-bond donors (Lipinski definition) is 1. The molecule has 1 atom stereocenters. The van der Waals surface area contributed by atoms with Gasteiger partial charge < -0.3 is 10.6 Å². The molecule has 1 aliphatic heterocycles. The summed E-state index contributed by atoms with van der Waals surface area (Å²) in [5, 5.41) is 0.724. The maximum atomic E-state index is 12.7. The van der Waals surface area contributed by atoms with Gasteiger partial charge in [0.25, 0.3) is 5.91 Å². The van der Waals surface area contributed by atoms with E-state index in [1.807, 2.05) is 4.90 Å². The fraction of sp³-hybridized carbons (Fsp3) is 0.667. The Morgan fingerprint density at radius 3 is 2.63 bits per heavy atom. The number of hydrogen-bond acceptors (Lipinski definition) is 3. The second kappa shape index (κ2) is 4.23. The Balaban J connectivity index is 2.06. The van der Waals surface area contributed by atoms with Crippen molar-refractivity contribution < 1.29 is 4.79 Å². The lowest BCUT2D eigenvalue weighted by Crippen LogP contribution is -2.28. The maximum absolute atomic E-state index is 12.7. The van der Waals surface area contributed by atoms with E-state index >= 15 is 0 Å². The molecule has 3 rings (SSSR count). The molecule has 104 valence electrons. The summed E-state index contributed by atoms with van der Waals surface area (Å²) in [4.78, 5) is 16.0. The third-order valence-electron chi connectivity index (χ3n) is 4.50. The Hall–Kier alpha value is -1.03. The van der Waals surface area contributed by atoms with Crippen LogP contribution in [-0.4, -0.2) is 23.9 Å². The summed E-state index contributed by atoms with van der Waals surface area (Å²) in [6, 6.07) is 0. The van der Waals surface area contributed by atoms with Crippen LogP contribution >= 0.6 is 11.3 Å². The molecule has 1 fully saturated rings. The van der Waals surface area contributed by atoms with Crippen molar-refractivity contribution in [3.05, 3.63) is 16.0 Å². The van der Waals surface area contributed by atoms with Crippen LogP contribution in [0.2, 0.25) is 0 Å². The number of fused-ring (bicyclic) bond motifs is 1. The largest absolute Gasteiger partial charge is 0.390 e. The first kappa shape index (κ1) is 13.0. The lowest BCUT2D eigenvalue weighted by atomic mass is 9.91. The molecular formula is C15H22N2OS. The predicted octanol–water partition coefficient (Wildman–Crippen LogP) is 3.35. The third-order valence-corrected chi connectivity index (χ3v) is 5.90. The highest BCUT2D eigenvalue weighted by atomic mass is 32.1. The molecule has 1 unspecified atom stereocenters. The molecule has 2 N–H and O–H groups in total. The summed E-state index contributed by atoms with van der Waals surface area (Å²) in [7, 11) is 0. The number of nitrogen functional groups attached to an aromatic ring is 1. The number of amides is 1. The molecule has 0 aromatic carbocycles. The van der Waals surface area contributed by atoms with Crippen LogP contribution in [0.3, 0.4) is 0 Å². The molecule has 4 heteroatoms. The van der Waals surface area contributed by atoms with Crippen LogP contribution in [0.4, 0.5) is 5.00 Å². The Morgan fingerprint density at radius 1 is 1.37 bits per heavy atom. The van der Waals surface area contributed by atoms with E-state index in [0.717, 1.165) is 42.9 Å². The van der Waals surface area contributed by atoms with Gasteiger partial charge in [0.05, 0.1) is 10.6 Å². The summed E-state index contributed by atoms with van der Waals surface area (Å²) in [5.41, 5.74) is 8.40. The Bertz CT molecular complexity index is 526. The fourth-order valence-corrected chi connectivity index (χ4v) is 4.99. The van der Waals surface area contributed by atoms with Gasteiger partial charge >= 0.3 is 0 Å². The van der Waals surface area contributed by atoms with Gasteiger partial charge in [-0.3, -0.25) is 4.79 Å². The predicted molar refractivity (Wildman–Crippen MR) is 79.9 cm³/mol. The van der Waals surface area contributed by atoms with E-state index in [1.165, 1.54) is 10.4 Å². The second-order valence-electron chi connectivity index (χ2n) is 6.57. The van der Waals surface area contributed by atoms with E-state index in [2.05, 4.69) is 20.8 Å². The van der Waals surface area contributed by atoms with E-state index in [0.29, 0.717) is 5.92 Å². The van der Waals surface area contributed by atoms with E-state index < -0.39 is 0 Å². The van der Waals surface area contributed by atoms with E-state index in [-0.39, 0.29) is 11.3 Å². The van der Waals surface area contributed by atoms with Crippen molar-refractivity contribution in [3.63, 3.8) is 0 Å². The van der Waals surface area contributed by atoms with Gasteiger partial charge in [-0.1, -0.05) is 20.8 Å². The summed E-state index contributed by atoms with van der Waals surface area (Å²) in [6.45, 7) is 8.52. The standard InChI is InChI=1S/C15H22N2OS/c1-9-8-15(2,3)12-10(9)11(13(16)19-12)14(18)17-6-4-5-7-17/h9H,4-8,16H2,1-3H3. The van der Waals surface area contributed by atoms with Crippen LogP contribution in [0.15, 0.2) is 0 Å². The summed E-state index contributed by atoms with van der Waals surface area (Å²) < 4.78 is 0. The van der Waals surface area contributed by atoms with Crippen molar-refractivity contribution >= 4 is 22.2 Å². The molecule has 3 nitrogen and oxygen atoms in total. The summed E-state index contributed by atoms with van der Waals surface area (Å²) >= 11 is 1.63. The molecule has 19 heavy (non-hydrogen) atoms. The van der Waals surface area contributed by atoms with Crippen molar-refractivity contribution in [2.75, 3.05) is 18.8 Å². The molecule has 0 bridgehead atoms. The zero-order valence-corrected chi connectivity index (χ0v) is 12.8. The minimum atomic E-state index is 0.164. The van der Waals surface area contributed by atoms with Gasteiger partial charge in [0, 0.05) is 23.4 Å². The first-order chi connectivity index (χ1) is 8.92. The molecule has 1 aromatic rings. The molecule has 1 aromatic heterocycles. The Morgan fingerprint density at radius 2 is 2.00 bits per heavy atom. The molecule has 1 saturated heterocycles. The number of rotatable bonds is 1. The van der Waals surface area contributed by atoms with Gasteiger partial charge in [-0.25, -0.2) is 0 Å². The Labute approximate surface area is 118 Å². The number of likely N-dealkylation sites (tertiary alicyclic amines) is 1. The van der Waals surface area contributed by atoms with Crippen LogP contribution in [0.5, 0.6) is 0 Å². The fourth-order valence-electron chi connectivity index (χ4n) is 3.69. The highest BCUT2D eigenvalue weighted by molar-refractivity contribution is 7.16. The van der Waals surface area contributed by atoms with Crippen molar-refractivity contribution in [3.8, 4) is 0 Å². The van der Waals surface area contributed by atoms with Gasteiger partial charge in [0.2, 0.25) is 0 Å². The maximum Gasteiger partial charge on any atom is 0.257 e. The van der Waals surface area contributed by atoms with Gasteiger partial charge in [-0.2, -0.15) is 0 Å².